The first-order valence-electron chi connectivity index (χ1n) is 9.26. The Morgan fingerprint density at radius 1 is 0.769 bits per heavy atom. The fraction of sp³-hybridized carbons (Fsp3) is 0.154. The highest BCUT2D eigenvalue weighted by atomic mass is 14.2. The second-order valence-electron chi connectivity index (χ2n) is 6.84. The second kappa shape index (κ2) is 7.89. The first-order valence-corrected chi connectivity index (χ1v) is 9.26. The molecular formula is C26H22. The zero-order valence-corrected chi connectivity index (χ0v) is 14.9. The van der Waals surface area contributed by atoms with Gasteiger partial charge >= 0.3 is 0 Å². The fourth-order valence-corrected chi connectivity index (χ4v) is 3.49. The van der Waals surface area contributed by atoms with E-state index in [9.17, 15) is 0 Å². The lowest BCUT2D eigenvalue weighted by atomic mass is 9.86. The first-order chi connectivity index (χ1) is 12.9. The molecule has 0 bridgehead atoms. The van der Waals surface area contributed by atoms with Crippen LogP contribution < -0.4 is 0 Å². The van der Waals surface area contributed by atoms with Gasteiger partial charge in [0.2, 0.25) is 0 Å². The van der Waals surface area contributed by atoms with Gasteiger partial charge in [0.25, 0.3) is 0 Å². The normalized spacial score (nSPS) is 14.4. The number of hydrogen-bond acceptors (Lipinski definition) is 0. The van der Waals surface area contributed by atoms with Crippen LogP contribution in [0.1, 0.15) is 34.2 Å². The Labute approximate surface area is 156 Å². The summed E-state index contributed by atoms with van der Waals surface area (Å²) in [6.45, 7) is 0. The van der Waals surface area contributed by atoms with Crippen LogP contribution in [0.25, 0.3) is 6.08 Å². The minimum atomic E-state index is 0.803. The van der Waals surface area contributed by atoms with Crippen LogP contribution in [-0.2, 0) is 19.3 Å². The number of allylic oxidation sites excluding steroid dienone is 1. The third kappa shape index (κ3) is 4.13. The summed E-state index contributed by atoms with van der Waals surface area (Å²) in [6.07, 6.45) is 6.47. The molecule has 0 heterocycles. The van der Waals surface area contributed by atoms with Crippen molar-refractivity contribution >= 4 is 6.08 Å². The fourth-order valence-electron chi connectivity index (χ4n) is 3.49. The summed E-state index contributed by atoms with van der Waals surface area (Å²) in [5.41, 5.74) is 8.11. The highest BCUT2D eigenvalue weighted by Gasteiger charge is 2.13. The van der Waals surface area contributed by atoms with Crippen molar-refractivity contribution in [3.8, 4) is 11.8 Å². The van der Waals surface area contributed by atoms with Crippen LogP contribution >= 0.6 is 0 Å². The van der Waals surface area contributed by atoms with Gasteiger partial charge in [-0.1, -0.05) is 90.2 Å². The first kappa shape index (κ1) is 16.4. The molecule has 26 heavy (non-hydrogen) atoms. The van der Waals surface area contributed by atoms with E-state index in [-0.39, 0.29) is 0 Å². The highest BCUT2D eigenvalue weighted by Crippen LogP contribution is 2.27. The summed E-state index contributed by atoms with van der Waals surface area (Å²) in [5.74, 6) is 6.65. The molecule has 0 saturated carbocycles. The maximum atomic E-state index is 3.34. The van der Waals surface area contributed by atoms with Crippen molar-refractivity contribution in [3.63, 3.8) is 0 Å². The Balaban J connectivity index is 1.50. The molecule has 3 aromatic carbocycles. The maximum Gasteiger partial charge on any atom is 0.0344 e. The monoisotopic (exact) mass is 334 g/mol. The number of benzene rings is 3. The molecule has 0 radical (unpaired) electrons. The summed E-state index contributed by atoms with van der Waals surface area (Å²) in [7, 11) is 0. The summed E-state index contributed by atoms with van der Waals surface area (Å²) >= 11 is 0. The third-order valence-corrected chi connectivity index (χ3v) is 4.88. The molecule has 3 aromatic rings. The Morgan fingerprint density at radius 2 is 1.54 bits per heavy atom. The zero-order valence-electron chi connectivity index (χ0n) is 14.9. The van der Waals surface area contributed by atoms with Crippen LogP contribution in [-0.4, -0.2) is 0 Å². The van der Waals surface area contributed by atoms with Crippen molar-refractivity contribution in [2.24, 2.45) is 0 Å². The summed E-state index contributed by atoms with van der Waals surface area (Å²) in [6, 6.07) is 27.8. The minimum absolute atomic E-state index is 0.803. The molecule has 1 aliphatic rings. The molecule has 0 aromatic heterocycles. The van der Waals surface area contributed by atoms with E-state index in [0.717, 1.165) is 31.2 Å². The van der Waals surface area contributed by atoms with Gasteiger partial charge in [0.1, 0.15) is 0 Å². The van der Waals surface area contributed by atoms with Gasteiger partial charge in [0.05, 0.1) is 0 Å². The molecule has 126 valence electrons. The van der Waals surface area contributed by atoms with E-state index >= 15 is 0 Å². The van der Waals surface area contributed by atoms with E-state index in [0.29, 0.717) is 0 Å². The average Bonchev–Trinajstić information content (AvgIpc) is 2.69. The van der Waals surface area contributed by atoms with Crippen molar-refractivity contribution in [1.29, 1.82) is 0 Å². The molecule has 0 N–H and O–H groups in total. The third-order valence-electron chi connectivity index (χ3n) is 4.88. The molecule has 0 aliphatic heterocycles. The van der Waals surface area contributed by atoms with E-state index in [2.05, 4.69) is 90.7 Å². The van der Waals surface area contributed by atoms with Crippen molar-refractivity contribution in [2.75, 3.05) is 0 Å². The lowest BCUT2D eigenvalue weighted by Crippen LogP contribution is -2.05. The summed E-state index contributed by atoms with van der Waals surface area (Å²) in [4.78, 5) is 0. The number of rotatable bonds is 2. The topological polar surface area (TPSA) is 0 Å². The van der Waals surface area contributed by atoms with E-state index in [4.69, 9.17) is 0 Å². The van der Waals surface area contributed by atoms with Gasteiger partial charge in [-0.05, 0) is 53.6 Å². The minimum Gasteiger partial charge on any atom is -0.0931 e. The molecule has 1 aliphatic carbocycles. The number of hydrogen-bond donors (Lipinski definition) is 0. The van der Waals surface area contributed by atoms with Gasteiger partial charge < -0.3 is 0 Å². The molecule has 0 spiro atoms. The van der Waals surface area contributed by atoms with Crippen molar-refractivity contribution in [2.45, 2.75) is 25.7 Å². The maximum absolute atomic E-state index is 3.34. The molecule has 0 atom stereocenters. The Bertz CT molecular complexity index is 967. The lowest BCUT2D eigenvalue weighted by Gasteiger charge is -2.19. The van der Waals surface area contributed by atoms with Gasteiger partial charge in [0.15, 0.2) is 0 Å². The summed E-state index contributed by atoms with van der Waals surface area (Å²) < 4.78 is 0. The molecule has 0 fully saturated rings. The van der Waals surface area contributed by atoms with Crippen molar-refractivity contribution in [1.82, 2.24) is 0 Å². The van der Waals surface area contributed by atoms with Crippen LogP contribution in [0.5, 0.6) is 0 Å². The molecule has 0 heteroatoms. The largest absolute Gasteiger partial charge is 0.0931 e. The van der Waals surface area contributed by atoms with Gasteiger partial charge in [-0.25, -0.2) is 0 Å². The smallest absolute Gasteiger partial charge is 0.0344 e. The number of fused-ring (bicyclic) bond motifs is 1. The van der Waals surface area contributed by atoms with E-state index in [1.54, 1.807) is 0 Å². The lowest BCUT2D eigenvalue weighted by molar-refractivity contribution is 0.843. The SMILES string of the molecule is C(#Cc1ccc2c(c1)C/C(=C/c1ccccc1)CC2)Cc1ccccc1. The molecule has 0 unspecified atom stereocenters. The Morgan fingerprint density at radius 3 is 2.35 bits per heavy atom. The molecule has 0 nitrogen and oxygen atoms in total. The van der Waals surface area contributed by atoms with E-state index in [1.807, 2.05) is 6.07 Å². The summed E-state index contributed by atoms with van der Waals surface area (Å²) in [5, 5.41) is 0. The molecule has 4 rings (SSSR count). The Hall–Kier alpha value is -3.04. The van der Waals surface area contributed by atoms with Crippen molar-refractivity contribution in [3.05, 3.63) is 112 Å². The van der Waals surface area contributed by atoms with Crippen LogP contribution in [0.4, 0.5) is 0 Å². The number of aryl methyl sites for hydroxylation is 1. The zero-order chi connectivity index (χ0) is 17.6. The Kier molecular flexibility index (Phi) is 4.99. The molecule has 0 amide bonds. The molecular weight excluding hydrogens is 312 g/mol. The molecule has 0 saturated heterocycles. The predicted octanol–water partition coefficient (Wildman–Crippen LogP) is 5.85. The van der Waals surface area contributed by atoms with Crippen LogP contribution in [0.15, 0.2) is 84.4 Å². The van der Waals surface area contributed by atoms with E-state index < -0.39 is 0 Å². The van der Waals surface area contributed by atoms with Crippen LogP contribution in [0.3, 0.4) is 0 Å². The standard InChI is InChI=1S/C26H22/c1-3-8-21(9-4-1)12-7-13-23-14-16-25-17-15-24(20-26(25)19-23)18-22-10-5-2-6-11-22/h1-6,8-11,14,16,18-19H,12,15,17,20H2/b24-18+. The van der Waals surface area contributed by atoms with Crippen LogP contribution in [0.2, 0.25) is 0 Å². The predicted molar refractivity (Wildman–Crippen MR) is 110 cm³/mol. The second-order valence-corrected chi connectivity index (χ2v) is 6.84. The quantitative estimate of drug-likeness (QED) is 0.515. The van der Waals surface area contributed by atoms with Crippen molar-refractivity contribution < 1.29 is 0 Å². The van der Waals surface area contributed by atoms with E-state index in [1.165, 1.54) is 27.8 Å². The van der Waals surface area contributed by atoms with Gasteiger partial charge in [-0.2, -0.15) is 0 Å². The van der Waals surface area contributed by atoms with Gasteiger partial charge in [-0.3, -0.25) is 0 Å². The average molecular weight is 334 g/mol. The van der Waals surface area contributed by atoms with Crippen LogP contribution in [0, 0.1) is 11.8 Å². The van der Waals surface area contributed by atoms with Gasteiger partial charge in [-0.15, -0.1) is 0 Å². The highest BCUT2D eigenvalue weighted by molar-refractivity contribution is 5.56. The van der Waals surface area contributed by atoms with Gasteiger partial charge in [0, 0.05) is 12.0 Å².